The van der Waals surface area contributed by atoms with Crippen molar-refractivity contribution in [3.8, 4) is 0 Å². The van der Waals surface area contributed by atoms with Gasteiger partial charge in [0.15, 0.2) is 0 Å². The van der Waals surface area contributed by atoms with Crippen LogP contribution >= 0.6 is 11.6 Å². The summed E-state index contributed by atoms with van der Waals surface area (Å²) in [6, 6.07) is 16.5. The van der Waals surface area contributed by atoms with Crippen molar-refractivity contribution in [2.24, 2.45) is 0 Å². The average molecular weight is 227 g/mol. The minimum absolute atomic E-state index is 0.310. The molecule has 0 aromatic heterocycles. The van der Waals surface area contributed by atoms with Crippen LogP contribution < -0.4 is 0 Å². The molecule has 0 spiro atoms. The highest BCUT2D eigenvalue weighted by atomic mass is 35.5. The number of hydrogen-bond acceptors (Lipinski definition) is 0. The normalized spacial score (nSPS) is 17.4. The van der Waals surface area contributed by atoms with Crippen molar-refractivity contribution in [2.75, 3.05) is 0 Å². The van der Waals surface area contributed by atoms with E-state index in [1.165, 1.54) is 16.7 Å². The first-order valence-corrected chi connectivity index (χ1v) is 5.75. The third-order valence-electron chi connectivity index (χ3n) is 3.02. The van der Waals surface area contributed by atoms with E-state index < -0.39 is 0 Å². The summed E-state index contributed by atoms with van der Waals surface area (Å²) in [5.41, 5.74) is 3.77. The highest BCUT2D eigenvalue weighted by molar-refractivity contribution is 6.31. The first-order chi connectivity index (χ1) is 7.86. The molecule has 0 aliphatic heterocycles. The van der Waals surface area contributed by atoms with Gasteiger partial charge in [-0.15, -0.1) is 0 Å². The molecule has 3 rings (SSSR count). The monoisotopic (exact) mass is 226 g/mol. The van der Waals surface area contributed by atoms with Gasteiger partial charge in [0.25, 0.3) is 0 Å². The van der Waals surface area contributed by atoms with Gasteiger partial charge in [-0.05, 0) is 22.8 Å². The zero-order valence-electron chi connectivity index (χ0n) is 8.73. The zero-order chi connectivity index (χ0) is 11.0. The molecule has 1 aliphatic rings. The van der Waals surface area contributed by atoms with Crippen LogP contribution in [0.15, 0.2) is 54.6 Å². The van der Waals surface area contributed by atoms with Crippen molar-refractivity contribution < 1.29 is 0 Å². The Kier molecular flexibility index (Phi) is 2.30. The van der Waals surface area contributed by atoms with Gasteiger partial charge in [-0.1, -0.05) is 66.2 Å². The van der Waals surface area contributed by atoms with Gasteiger partial charge in [0.05, 0.1) is 0 Å². The molecule has 0 radical (unpaired) electrons. The topological polar surface area (TPSA) is 0 Å². The third-order valence-corrected chi connectivity index (χ3v) is 3.35. The van der Waals surface area contributed by atoms with Crippen molar-refractivity contribution in [3.05, 3.63) is 76.3 Å². The molecule has 0 fully saturated rings. The first kappa shape index (κ1) is 9.68. The van der Waals surface area contributed by atoms with Crippen LogP contribution in [0.2, 0.25) is 5.02 Å². The lowest BCUT2D eigenvalue weighted by Crippen LogP contribution is -1.96. The fourth-order valence-corrected chi connectivity index (χ4v) is 2.56. The lowest BCUT2D eigenvalue weighted by molar-refractivity contribution is 1.05. The highest BCUT2D eigenvalue weighted by Gasteiger charge is 2.21. The molecule has 1 atom stereocenters. The Bertz CT molecular complexity index is 541. The molecule has 0 saturated heterocycles. The van der Waals surface area contributed by atoms with Gasteiger partial charge in [-0.25, -0.2) is 0 Å². The van der Waals surface area contributed by atoms with Crippen molar-refractivity contribution in [2.45, 2.75) is 5.92 Å². The molecule has 0 amide bonds. The minimum Gasteiger partial charge on any atom is -0.0840 e. The van der Waals surface area contributed by atoms with Gasteiger partial charge in [-0.3, -0.25) is 0 Å². The summed E-state index contributed by atoms with van der Waals surface area (Å²) >= 11 is 6.27. The maximum atomic E-state index is 6.27. The molecule has 1 unspecified atom stereocenters. The molecule has 0 bridgehead atoms. The summed E-state index contributed by atoms with van der Waals surface area (Å²) in [7, 11) is 0. The van der Waals surface area contributed by atoms with Crippen molar-refractivity contribution in [1.29, 1.82) is 0 Å². The van der Waals surface area contributed by atoms with Gasteiger partial charge in [0.1, 0.15) is 0 Å². The number of allylic oxidation sites excluding steroid dienone is 1. The highest BCUT2D eigenvalue weighted by Crippen LogP contribution is 2.39. The molecule has 1 aliphatic carbocycles. The molecule has 2 aromatic rings. The Morgan fingerprint density at radius 2 is 1.69 bits per heavy atom. The maximum Gasteiger partial charge on any atom is 0.0453 e. The first-order valence-electron chi connectivity index (χ1n) is 5.38. The fraction of sp³-hybridized carbons (Fsp3) is 0.0667. The van der Waals surface area contributed by atoms with Gasteiger partial charge >= 0.3 is 0 Å². The summed E-state index contributed by atoms with van der Waals surface area (Å²) in [6.45, 7) is 0. The second-order valence-corrected chi connectivity index (χ2v) is 4.40. The standard InChI is InChI=1S/C15H11Cl/c16-14-8-4-7-12-9-10-13(15(12)14)11-5-2-1-3-6-11/h1-10,13H. The predicted molar refractivity (Wildman–Crippen MR) is 68.8 cm³/mol. The minimum atomic E-state index is 0.310. The fourth-order valence-electron chi connectivity index (χ4n) is 2.26. The van der Waals surface area contributed by atoms with Crippen LogP contribution in [-0.4, -0.2) is 0 Å². The molecule has 1 heteroatoms. The second kappa shape index (κ2) is 3.80. The zero-order valence-corrected chi connectivity index (χ0v) is 9.48. The van der Waals surface area contributed by atoms with Crippen LogP contribution in [0.5, 0.6) is 0 Å². The third kappa shape index (κ3) is 1.46. The summed E-state index contributed by atoms with van der Waals surface area (Å²) in [6.07, 6.45) is 4.37. The number of fused-ring (bicyclic) bond motifs is 1. The van der Waals surface area contributed by atoms with Crippen molar-refractivity contribution in [1.82, 2.24) is 0 Å². The van der Waals surface area contributed by atoms with E-state index in [2.05, 4.69) is 42.5 Å². The Morgan fingerprint density at radius 1 is 0.875 bits per heavy atom. The molecule has 0 nitrogen and oxygen atoms in total. The number of hydrogen-bond donors (Lipinski definition) is 0. The van der Waals surface area contributed by atoms with Crippen LogP contribution in [0, 0.1) is 0 Å². The van der Waals surface area contributed by atoms with Gasteiger partial charge in [0.2, 0.25) is 0 Å². The van der Waals surface area contributed by atoms with E-state index >= 15 is 0 Å². The molecular weight excluding hydrogens is 216 g/mol. The predicted octanol–water partition coefficient (Wildman–Crippen LogP) is 4.50. The smallest absolute Gasteiger partial charge is 0.0453 e. The maximum absolute atomic E-state index is 6.27. The van der Waals surface area contributed by atoms with Crippen molar-refractivity contribution in [3.63, 3.8) is 0 Å². The Morgan fingerprint density at radius 3 is 2.50 bits per heavy atom. The van der Waals surface area contributed by atoms with Crippen LogP contribution in [0.4, 0.5) is 0 Å². The summed E-state index contributed by atoms with van der Waals surface area (Å²) in [5, 5.41) is 0.858. The number of rotatable bonds is 1. The lowest BCUT2D eigenvalue weighted by atomic mass is 9.93. The van der Waals surface area contributed by atoms with Gasteiger partial charge < -0.3 is 0 Å². The van der Waals surface area contributed by atoms with E-state index in [-0.39, 0.29) is 0 Å². The van der Waals surface area contributed by atoms with E-state index in [9.17, 15) is 0 Å². The molecule has 0 N–H and O–H groups in total. The van der Waals surface area contributed by atoms with Crippen LogP contribution in [-0.2, 0) is 0 Å². The van der Waals surface area contributed by atoms with E-state index in [4.69, 9.17) is 11.6 Å². The van der Waals surface area contributed by atoms with E-state index in [1.54, 1.807) is 0 Å². The van der Waals surface area contributed by atoms with Crippen LogP contribution in [0.3, 0.4) is 0 Å². The summed E-state index contributed by atoms with van der Waals surface area (Å²) in [4.78, 5) is 0. The van der Waals surface area contributed by atoms with Gasteiger partial charge in [0, 0.05) is 10.9 Å². The Labute approximate surface area is 100 Å². The Hall–Kier alpha value is -1.53. The summed E-state index contributed by atoms with van der Waals surface area (Å²) < 4.78 is 0. The molecular formula is C15H11Cl. The van der Waals surface area contributed by atoms with Crippen molar-refractivity contribution >= 4 is 17.7 Å². The molecule has 16 heavy (non-hydrogen) atoms. The van der Waals surface area contributed by atoms with Crippen LogP contribution in [0.1, 0.15) is 22.6 Å². The van der Waals surface area contributed by atoms with Gasteiger partial charge in [-0.2, -0.15) is 0 Å². The van der Waals surface area contributed by atoms with E-state index in [1.807, 2.05) is 18.2 Å². The van der Waals surface area contributed by atoms with E-state index in [0.29, 0.717) is 5.92 Å². The number of halogens is 1. The lowest BCUT2D eigenvalue weighted by Gasteiger charge is -2.12. The molecule has 0 saturated carbocycles. The number of benzene rings is 2. The SMILES string of the molecule is Clc1cccc2c1C(c1ccccc1)C=C2. The Balaban J connectivity index is 2.13. The second-order valence-electron chi connectivity index (χ2n) is 3.99. The molecule has 78 valence electrons. The molecule has 2 aromatic carbocycles. The molecule has 0 heterocycles. The summed E-state index contributed by atoms with van der Waals surface area (Å²) in [5.74, 6) is 0.310. The average Bonchev–Trinajstić information content (AvgIpc) is 2.75. The quantitative estimate of drug-likeness (QED) is 0.672. The van der Waals surface area contributed by atoms with E-state index in [0.717, 1.165) is 5.02 Å². The van der Waals surface area contributed by atoms with Crippen LogP contribution in [0.25, 0.3) is 6.08 Å². The largest absolute Gasteiger partial charge is 0.0840 e.